The Bertz CT molecular complexity index is 1150. The van der Waals surface area contributed by atoms with Gasteiger partial charge in [0.05, 0.1) is 16.2 Å². The zero-order valence-corrected chi connectivity index (χ0v) is 19.8. The number of carboxylic acids is 1. The van der Waals surface area contributed by atoms with E-state index in [-0.39, 0.29) is 15.1 Å². The second-order valence-electron chi connectivity index (χ2n) is 7.93. The van der Waals surface area contributed by atoms with Crippen molar-refractivity contribution in [2.45, 2.75) is 38.6 Å². The number of rotatable bonds is 8. The Morgan fingerprint density at radius 3 is 2.39 bits per heavy atom. The Morgan fingerprint density at radius 1 is 1.00 bits per heavy atom. The Kier molecular flexibility index (Phi) is 6.95. The molecule has 0 aliphatic carbocycles. The Labute approximate surface area is 202 Å². The van der Waals surface area contributed by atoms with Crippen LogP contribution in [-0.2, 0) is 14.4 Å². The molecule has 0 spiro atoms. The zero-order valence-electron chi connectivity index (χ0n) is 18.2. The van der Waals surface area contributed by atoms with Gasteiger partial charge in [0.25, 0.3) is 11.8 Å². The van der Waals surface area contributed by atoms with Crippen LogP contribution in [-0.4, -0.2) is 38.7 Å². The van der Waals surface area contributed by atoms with Crippen LogP contribution in [0.5, 0.6) is 0 Å². The highest BCUT2D eigenvalue weighted by molar-refractivity contribution is 8.26. The number of hydrogen-bond donors (Lipinski definition) is 1. The van der Waals surface area contributed by atoms with Crippen molar-refractivity contribution in [3.8, 4) is 0 Å². The minimum Gasteiger partial charge on any atom is -0.479 e. The summed E-state index contributed by atoms with van der Waals surface area (Å²) < 4.78 is 0.130. The molecular weight excluding hydrogens is 456 g/mol. The maximum absolute atomic E-state index is 13.5. The SMILES string of the molecule is CCCCCCN1C(=O)/C(=C2\SC(=S)N(C(C(=O)O)c3ccccc3)C2=O)c2ccccc21. The molecular formula is C25H24N2O4S2. The van der Waals surface area contributed by atoms with Crippen molar-refractivity contribution in [3.63, 3.8) is 0 Å². The van der Waals surface area contributed by atoms with Gasteiger partial charge in [-0.15, -0.1) is 0 Å². The van der Waals surface area contributed by atoms with E-state index in [4.69, 9.17) is 12.2 Å². The number of carboxylic acid groups (broad SMARTS) is 1. The number of carbonyl (C=O) groups is 3. The van der Waals surface area contributed by atoms with Crippen molar-refractivity contribution in [1.29, 1.82) is 0 Å². The normalized spacial score (nSPS) is 18.8. The number of unbranched alkanes of at least 4 members (excludes halogenated alkanes) is 3. The lowest BCUT2D eigenvalue weighted by atomic mass is 10.0. The maximum Gasteiger partial charge on any atom is 0.331 e. The van der Waals surface area contributed by atoms with E-state index in [0.29, 0.717) is 23.2 Å². The number of para-hydroxylation sites is 1. The fourth-order valence-corrected chi connectivity index (χ4v) is 5.59. The number of anilines is 1. The van der Waals surface area contributed by atoms with Crippen molar-refractivity contribution in [2.75, 3.05) is 11.4 Å². The summed E-state index contributed by atoms with van der Waals surface area (Å²) in [5, 5.41) is 9.91. The number of carbonyl (C=O) groups excluding carboxylic acids is 2. The summed E-state index contributed by atoms with van der Waals surface area (Å²) in [5.74, 6) is -1.97. The number of benzene rings is 2. The van der Waals surface area contributed by atoms with Crippen molar-refractivity contribution >= 4 is 57.3 Å². The van der Waals surface area contributed by atoms with Crippen LogP contribution in [0.3, 0.4) is 0 Å². The Morgan fingerprint density at radius 2 is 1.70 bits per heavy atom. The summed E-state index contributed by atoms with van der Waals surface area (Å²) in [5.41, 5.74) is 2.21. The lowest BCUT2D eigenvalue weighted by Gasteiger charge is -2.23. The summed E-state index contributed by atoms with van der Waals surface area (Å²) >= 11 is 6.43. The van der Waals surface area contributed by atoms with E-state index in [9.17, 15) is 19.5 Å². The van der Waals surface area contributed by atoms with Gasteiger partial charge in [0.2, 0.25) is 0 Å². The van der Waals surface area contributed by atoms with Crippen LogP contribution in [0.25, 0.3) is 5.57 Å². The standard InChI is InChI=1S/C25H24N2O4S2/c1-2-3-4-10-15-26-18-14-9-8-13-17(18)19(22(26)28)21-23(29)27(25(32)33-21)20(24(30)31)16-11-6-5-7-12-16/h5-9,11-14,20H,2-4,10,15H2,1H3,(H,30,31)/b21-19-. The summed E-state index contributed by atoms with van der Waals surface area (Å²) in [7, 11) is 0. The number of hydrogen-bond acceptors (Lipinski definition) is 5. The van der Waals surface area contributed by atoms with Crippen LogP contribution in [0.15, 0.2) is 59.5 Å². The molecule has 2 amide bonds. The lowest BCUT2D eigenvalue weighted by Crippen LogP contribution is -2.37. The summed E-state index contributed by atoms with van der Waals surface area (Å²) in [6, 6.07) is 14.7. The van der Waals surface area contributed by atoms with Crippen molar-refractivity contribution in [2.24, 2.45) is 0 Å². The molecule has 0 radical (unpaired) electrons. The number of thioether (sulfide) groups is 1. The number of amides is 2. The number of thiocarbonyl (C=S) groups is 1. The molecule has 0 bridgehead atoms. The average Bonchev–Trinajstić information content (AvgIpc) is 3.25. The lowest BCUT2D eigenvalue weighted by molar-refractivity contribution is -0.145. The molecule has 1 saturated heterocycles. The first-order chi connectivity index (χ1) is 16.0. The number of fused-ring (bicyclic) bond motifs is 1. The van der Waals surface area contributed by atoms with Crippen molar-refractivity contribution in [1.82, 2.24) is 4.90 Å². The fourth-order valence-electron chi connectivity index (χ4n) is 4.21. The highest BCUT2D eigenvalue weighted by Crippen LogP contribution is 2.46. The van der Waals surface area contributed by atoms with E-state index in [0.717, 1.165) is 48.0 Å². The van der Waals surface area contributed by atoms with Crippen LogP contribution in [0.2, 0.25) is 0 Å². The van der Waals surface area contributed by atoms with Gasteiger partial charge in [0.15, 0.2) is 6.04 Å². The van der Waals surface area contributed by atoms with Crippen LogP contribution in [0.1, 0.15) is 49.8 Å². The van der Waals surface area contributed by atoms with Gasteiger partial charge in [0, 0.05) is 12.1 Å². The average molecular weight is 481 g/mol. The second-order valence-corrected chi connectivity index (χ2v) is 9.58. The molecule has 2 aromatic rings. The number of nitrogens with zero attached hydrogens (tertiary/aromatic N) is 2. The van der Waals surface area contributed by atoms with E-state index in [1.54, 1.807) is 35.2 Å². The molecule has 1 fully saturated rings. The first-order valence-corrected chi connectivity index (χ1v) is 12.2. The molecule has 170 valence electrons. The molecule has 2 aliphatic rings. The summed E-state index contributed by atoms with van der Waals surface area (Å²) in [4.78, 5) is 42.1. The fraction of sp³-hybridized carbons (Fsp3) is 0.280. The topological polar surface area (TPSA) is 77.9 Å². The molecule has 8 heteroatoms. The van der Waals surface area contributed by atoms with Crippen LogP contribution >= 0.6 is 24.0 Å². The molecule has 2 heterocycles. The minimum atomic E-state index is -1.26. The van der Waals surface area contributed by atoms with Gasteiger partial charge in [-0.2, -0.15) is 0 Å². The monoisotopic (exact) mass is 480 g/mol. The maximum atomic E-state index is 13.5. The molecule has 33 heavy (non-hydrogen) atoms. The third-order valence-electron chi connectivity index (χ3n) is 5.79. The van der Waals surface area contributed by atoms with Crippen LogP contribution < -0.4 is 4.90 Å². The molecule has 6 nitrogen and oxygen atoms in total. The minimum absolute atomic E-state index is 0.130. The Hall–Kier alpha value is -2.97. The van der Waals surface area contributed by atoms with E-state index in [2.05, 4.69) is 6.92 Å². The van der Waals surface area contributed by atoms with Crippen molar-refractivity contribution in [3.05, 3.63) is 70.6 Å². The first-order valence-electron chi connectivity index (χ1n) is 10.9. The molecule has 1 unspecified atom stereocenters. The summed E-state index contributed by atoms with van der Waals surface area (Å²) in [6.07, 6.45) is 4.10. The molecule has 1 N–H and O–H groups in total. The van der Waals surface area contributed by atoms with Crippen LogP contribution in [0, 0.1) is 0 Å². The predicted molar refractivity (Wildman–Crippen MR) is 134 cm³/mol. The molecule has 2 aromatic carbocycles. The Balaban J connectivity index is 1.72. The second kappa shape index (κ2) is 9.89. The van der Waals surface area contributed by atoms with E-state index >= 15 is 0 Å². The molecule has 0 saturated carbocycles. The van der Waals surface area contributed by atoms with Crippen LogP contribution in [0.4, 0.5) is 5.69 Å². The highest BCUT2D eigenvalue weighted by atomic mass is 32.2. The molecule has 2 aliphatic heterocycles. The quantitative estimate of drug-likeness (QED) is 0.325. The zero-order chi connectivity index (χ0) is 23.5. The third-order valence-corrected chi connectivity index (χ3v) is 7.19. The van der Waals surface area contributed by atoms with Gasteiger partial charge < -0.3 is 10.0 Å². The molecule has 0 aromatic heterocycles. The molecule has 4 rings (SSSR count). The van der Waals surface area contributed by atoms with Gasteiger partial charge in [-0.25, -0.2) is 4.79 Å². The molecule has 1 atom stereocenters. The van der Waals surface area contributed by atoms with E-state index < -0.39 is 17.9 Å². The number of aliphatic carboxylic acids is 1. The van der Waals surface area contributed by atoms with Gasteiger partial charge in [-0.3, -0.25) is 14.5 Å². The largest absolute Gasteiger partial charge is 0.479 e. The first kappa shape index (κ1) is 23.2. The smallest absolute Gasteiger partial charge is 0.331 e. The van der Waals surface area contributed by atoms with E-state index in [1.807, 2.05) is 24.3 Å². The third kappa shape index (κ3) is 4.32. The predicted octanol–water partition coefficient (Wildman–Crippen LogP) is 5.01. The highest BCUT2D eigenvalue weighted by Gasteiger charge is 2.46. The van der Waals surface area contributed by atoms with Gasteiger partial charge in [-0.05, 0) is 18.1 Å². The summed E-state index contributed by atoms with van der Waals surface area (Å²) in [6.45, 7) is 2.71. The van der Waals surface area contributed by atoms with Gasteiger partial charge in [-0.1, -0.05) is 98.7 Å². The van der Waals surface area contributed by atoms with Gasteiger partial charge in [0.1, 0.15) is 4.32 Å². The van der Waals surface area contributed by atoms with Crippen molar-refractivity contribution < 1.29 is 19.5 Å². The van der Waals surface area contributed by atoms with Gasteiger partial charge >= 0.3 is 5.97 Å². The van der Waals surface area contributed by atoms with E-state index in [1.165, 1.54) is 0 Å².